The Morgan fingerprint density at radius 1 is 1.17 bits per heavy atom. The highest BCUT2D eigenvalue weighted by Crippen LogP contribution is 2.11. The summed E-state index contributed by atoms with van der Waals surface area (Å²) in [6.45, 7) is 0.661. The summed E-state index contributed by atoms with van der Waals surface area (Å²) < 4.78 is 7.03. The molecule has 0 saturated heterocycles. The minimum atomic E-state index is -0.791. The average Bonchev–Trinajstić information content (AvgIpc) is 2.59. The summed E-state index contributed by atoms with van der Waals surface area (Å²) in [7, 11) is 0. The van der Waals surface area contributed by atoms with E-state index in [1.165, 1.54) is 10.8 Å². The van der Waals surface area contributed by atoms with Gasteiger partial charge in [0.05, 0.1) is 43.1 Å². The summed E-state index contributed by atoms with van der Waals surface area (Å²) in [6.07, 6.45) is 0.477. The molecule has 3 rings (SSSR count). The summed E-state index contributed by atoms with van der Waals surface area (Å²) in [5.74, 6) is 0. The SMILES string of the molecule is O=c1cnc2ccccc2n1CC(O)COCc1ccc(Cl)cc1. The van der Waals surface area contributed by atoms with E-state index in [9.17, 15) is 9.90 Å². The first kappa shape index (κ1) is 16.6. The van der Waals surface area contributed by atoms with E-state index in [1.807, 2.05) is 36.4 Å². The summed E-state index contributed by atoms with van der Waals surface area (Å²) in [6, 6.07) is 14.7. The van der Waals surface area contributed by atoms with Gasteiger partial charge in [-0.2, -0.15) is 0 Å². The van der Waals surface area contributed by atoms with Gasteiger partial charge in [0.15, 0.2) is 0 Å². The first-order valence-electron chi connectivity index (χ1n) is 7.58. The number of halogens is 1. The van der Waals surface area contributed by atoms with Crippen molar-refractivity contribution >= 4 is 22.6 Å². The number of ether oxygens (including phenoxy) is 1. The van der Waals surface area contributed by atoms with Gasteiger partial charge in [-0.05, 0) is 29.8 Å². The Hall–Kier alpha value is -2.21. The third-order valence-corrected chi connectivity index (χ3v) is 3.89. The molecule has 0 spiro atoms. The van der Waals surface area contributed by atoms with Gasteiger partial charge in [-0.25, -0.2) is 4.98 Å². The molecule has 0 fully saturated rings. The van der Waals surface area contributed by atoms with Crippen molar-refractivity contribution < 1.29 is 9.84 Å². The normalized spacial score (nSPS) is 12.4. The summed E-state index contributed by atoms with van der Waals surface area (Å²) >= 11 is 5.83. The number of aliphatic hydroxyl groups excluding tert-OH is 1. The molecule has 0 saturated carbocycles. The second kappa shape index (κ2) is 7.57. The van der Waals surface area contributed by atoms with E-state index in [0.717, 1.165) is 5.56 Å². The largest absolute Gasteiger partial charge is 0.389 e. The number of benzene rings is 2. The van der Waals surface area contributed by atoms with Crippen molar-refractivity contribution in [2.24, 2.45) is 0 Å². The minimum Gasteiger partial charge on any atom is -0.389 e. The van der Waals surface area contributed by atoms with Crippen molar-refractivity contribution in [2.75, 3.05) is 6.61 Å². The molecular formula is C18H17ClN2O3. The lowest BCUT2D eigenvalue weighted by Gasteiger charge is -2.15. The minimum absolute atomic E-state index is 0.131. The zero-order valence-electron chi connectivity index (χ0n) is 12.9. The van der Waals surface area contributed by atoms with Gasteiger partial charge in [-0.1, -0.05) is 35.9 Å². The topological polar surface area (TPSA) is 64.4 Å². The fourth-order valence-electron chi connectivity index (χ4n) is 2.46. The molecule has 124 valence electrons. The number of fused-ring (bicyclic) bond motifs is 1. The van der Waals surface area contributed by atoms with Gasteiger partial charge < -0.3 is 14.4 Å². The van der Waals surface area contributed by atoms with Crippen molar-refractivity contribution in [1.82, 2.24) is 9.55 Å². The number of aromatic nitrogens is 2. The standard InChI is InChI=1S/C18H17ClN2O3/c19-14-7-5-13(6-8-14)11-24-12-15(22)10-21-17-4-2-1-3-16(17)20-9-18(21)23/h1-9,15,22H,10-12H2. The third kappa shape index (κ3) is 4.00. The van der Waals surface area contributed by atoms with Gasteiger partial charge in [0.1, 0.15) is 0 Å². The van der Waals surface area contributed by atoms with Crippen molar-refractivity contribution in [3.63, 3.8) is 0 Å². The molecular weight excluding hydrogens is 328 g/mol. The van der Waals surface area contributed by atoms with Crippen LogP contribution < -0.4 is 5.56 Å². The molecule has 1 N–H and O–H groups in total. The molecule has 0 aliphatic rings. The first-order valence-corrected chi connectivity index (χ1v) is 7.96. The van der Waals surface area contributed by atoms with E-state index < -0.39 is 6.10 Å². The highest BCUT2D eigenvalue weighted by atomic mass is 35.5. The third-order valence-electron chi connectivity index (χ3n) is 3.64. The van der Waals surface area contributed by atoms with Crippen molar-refractivity contribution in [1.29, 1.82) is 0 Å². The maximum Gasteiger partial charge on any atom is 0.269 e. The Morgan fingerprint density at radius 2 is 1.92 bits per heavy atom. The zero-order chi connectivity index (χ0) is 16.9. The lowest BCUT2D eigenvalue weighted by Crippen LogP contribution is -2.29. The number of aliphatic hydroxyl groups is 1. The van der Waals surface area contributed by atoms with Crippen molar-refractivity contribution in [3.05, 3.63) is 75.7 Å². The predicted molar refractivity (Wildman–Crippen MR) is 93.1 cm³/mol. The van der Waals surface area contributed by atoms with Crippen LogP contribution in [0.3, 0.4) is 0 Å². The molecule has 1 heterocycles. The second-order valence-electron chi connectivity index (χ2n) is 5.49. The lowest BCUT2D eigenvalue weighted by molar-refractivity contribution is 0.0205. The van der Waals surface area contributed by atoms with Crippen molar-refractivity contribution in [3.8, 4) is 0 Å². The number of hydrogen-bond acceptors (Lipinski definition) is 4. The maximum absolute atomic E-state index is 12.0. The Labute approximate surface area is 144 Å². The van der Waals surface area contributed by atoms with Gasteiger partial charge in [0.2, 0.25) is 0 Å². The molecule has 0 bridgehead atoms. The van der Waals surface area contributed by atoms with Gasteiger partial charge in [0.25, 0.3) is 5.56 Å². The number of para-hydroxylation sites is 2. The average molecular weight is 345 g/mol. The number of rotatable bonds is 6. The van der Waals surface area contributed by atoms with Crippen LogP contribution in [-0.4, -0.2) is 27.4 Å². The zero-order valence-corrected chi connectivity index (χ0v) is 13.7. The van der Waals surface area contributed by atoms with Crippen LogP contribution in [0.25, 0.3) is 11.0 Å². The highest BCUT2D eigenvalue weighted by Gasteiger charge is 2.10. The molecule has 0 aliphatic carbocycles. The fraction of sp³-hybridized carbons (Fsp3) is 0.222. The van der Waals surface area contributed by atoms with Crippen LogP contribution in [0.15, 0.2) is 59.5 Å². The van der Waals surface area contributed by atoms with Crippen LogP contribution in [0.1, 0.15) is 5.56 Å². The fourth-order valence-corrected chi connectivity index (χ4v) is 2.59. The molecule has 1 atom stereocenters. The lowest BCUT2D eigenvalue weighted by atomic mass is 10.2. The van der Waals surface area contributed by atoms with E-state index in [2.05, 4.69) is 4.98 Å². The Balaban J connectivity index is 1.63. The molecule has 1 unspecified atom stereocenters. The Morgan fingerprint density at radius 3 is 2.71 bits per heavy atom. The van der Waals surface area contributed by atoms with E-state index in [1.54, 1.807) is 12.1 Å². The van der Waals surface area contributed by atoms with E-state index in [-0.39, 0.29) is 18.7 Å². The number of hydrogen-bond donors (Lipinski definition) is 1. The van der Waals surface area contributed by atoms with Gasteiger partial charge in [-0.3, -0.25) is 4.79 Å². The van der Waals surface area contributed by atoms with Gasteiger partial charge in [0, 0.05) is 5.02 Å². The van der Waals surface area contributed by atoms with Crippen LogP contribution in [0.4, 0.5) is 0 Å². The monoisotopic (exact) mass is 344 g/mol. The molecule has 2 aromatic carbocycles. The smallest absolute Gasteiger partial charge is 0.269 e. The van der Waals surface area contributed by atoms with Crippen molar-refractivity contribution in [2.45, 2.75) is 19.3 Å². The number of nitrogens with zero attached hydrogens (tertiary/aromatic N) is 2. The maximum atomic E-state index is 12.0. The summed E-state index contributed by atoms with van der Waals surface area (Å²) in [5.41, 5.74) is 2.14. The first-order chi connectivity index (χ1) is 11.6. The van der Waals surface area contributed by atoms with Crippen LogP contribution >= 0.6 is 11.6 Å². The molecule has 24 heavy (non-hydrogen) atoms. The van der Waals surface area contributed by atoms with Gasteiger partial charge >= 0.3 is 0 Å². The Bertz CT molecular complexity index is 877. The van der Waals surface area contributed by atoms with E-state index >= 15 is 0 Å². The summed E-state index contributed by atoms with van der Waals surface area (Å²) in [5, 5.41) is 10.9. The predicted octanol–water partition coefficient (Wildman–Crippen LogP) is 2.63. The highest BCUT2D eigenvalue weighted by molar-refractivity contribution is 6.30. The van der Waals surface area contributed by atoms with Crippen LogP contribution in [0, 0.1) is 0 Å². The summed E-state index contributed by atoms with van der Waals surface area (Å²) in [4.78, 5) is 16.1. The van der Waals surface area contributed by atoms with Gasteiger partial charge in [-0.15, -0.1) is 0 Å². The molecule has 0 amide bonds. The second-order valence-corrected chi connectivity index (χ2v) is 5.93. The van der Waals surface area contributed by atoms with E-state index in [4.69, 9.17) is 16.3 Å². The van der Waals surface area contributed by atoms with Crippen LogP contribution in [-0.2, 0) is 17.9 Å². The van der Waals surface area contributed by atoms with Crippen LogP contribution in [0.5, 0.6) is 0 Å². The molecule has 0 aliphatic heterocycles. The molecule has 5 nitrogen and oxygen atoms in total. The quantitative estimate of drug-likeness (QED) is 0.746. The Kier molecular flexibility index (Phi) is 5.25. The molecule has 3 aromatic rings. The molecule has 1 aromatic heterocycles. The molecule has 6 heteroatoms. The van der Waals surface area contributed by atoms with E-state index in [0.29, 0.717) is 22.7 Å². The molecule has 0 radical (unpaired) electrons. The van der Waals surface area contributed by atoms with Crippen LogP contribution in [0.2, 0.25) is 5.02 Å².